The van der Waals surface area contributed by atoms with Crippen molar-refractivity contribution in [1.82, 2.24) is 5.43 Å². The molecular weight excluding hydrogens is 164 g/mol. The Kier molecular flexibility index (Phi) is 2.80. The van der Waals surface area contributed by atoms with Crippen LogP contribution in [0.5, 0.6) is 0 Å². The molecule has 3 heteroatoms. The first-order valence-electron chi connectivity index (χ1n) is 4.13. The maximum atomic E-state index is 11.8. The van der Waals surface area contributed by atoms with Gasteiger partial charge in [-0.1, -0.05) is 18.2 Å². The predicted molar refractivity (Wildman–Crippen MR) is 50.9 cm³/mol. The van der Waals surface area contributed by atoms with E-state index in [0.29, 0.717) is 5.56 Å². The second-order valence-corrected chi connectivity index (χ2v) is 3.27. The number of rotatable bonds is 2. The van der Waals surface area contributed by atoms with Gasteiger partial charge in [0.05, 0.1) is 26.7 Å². The Morgan fingerprint density at radius 3 is 2.23 bits per heavy atom. The van der Waals surface area contributed by atoms with Gasteiger partial charge < -0.3 is 0 Å². The Bertz CT molecular complexity index is 293. The minimum atomic E-state index is 0.00287. The van der Waals surface area contributed by atoms with Crippen LogP contribution in [0.15, 0.2) is 30.3 Å². The van der Waals surface area contributed by atoms with Crippen molar-refractivity contribution in [2.45, 2.75) is 0 Å². The minimum Gasteiger partial charge on any atom is -0.223 e. The largest absolute Gasteiger partial charge is 0.366 e. The molecule has 1 rings (SSSR count). The molecule has 0 atom stereocenters. The zero-order chi connectivity index (χ0) is 9.90. The lowest BCUT2D eigenvalue weighted by Gasteiger charge is -2.21. The van der Waals surface area contributed by atoms with Crippen molar-refractivity contribution in [2.24, 2.45) is 0 Å². The van der Waals surface area contributed by atoms with Crippen LogP contribution in [0, 0.1) is 0 Å². The van der Waals surface area contributed by atoms with Gasteiger partial charge in [0.25, 0.3) is 0 Å². The van der Waals surface area contributed by atoms with E-state index in [1.54, 1.807) is 33.3 Å². The fraction of sp³-hybridized carbons (Fsp3) is 0.300. The fourth-order valence-electron chi connectivity index (χ4n) is 0.987. The van der Waals surface area contributed by atoms with Crippen molar-refractivity contribution >= 4 is 5.91 Å². The molecule has 0 spiro atoms. The van der Waals surface area contributed by atoms with Crippen molar-refractivity contribution < 1.29 is 9.39 Å². The SMILES string of the molecule is C[N][N+](C)(C)C(=O)c1ccccc1. The number of hydrogen-bond donors (Lipinski definition) is 0. The van der Waals surface area contributed by atoms with Crippen LogP contribution in [0.25, 0.3) is 0 Å². The number of hydrogen-bond acceptors (Lipinski definition) is 1. The van der Waals surface area contributed by atoms with Crippen LogP contribution in [0.1, 0.15) is 10.4 Å². The molecule has 1 aromatic rings. The van der Waals surface area contributed by atoms with Crippen LogP contribution in [0.3, 0.4) is 0 Å². The summed E-state index contributed by atoms with van der Waals surface area (Å²) in [5.41, 5.74) is 4.68. The normalized spacial score (nSPS) is 11.3. The van der Waals surface area contributed by atoms with Gasteiger partial charge in [0.1, 0.15) is 0 Å². The molecule has 0 fully saturated rings. The molecule has 69 valence electrons. The molecule has 0 aliphatic carbocycles. The molecule has 3 nitrogen and oxygen atoms in total. The molecule has 1 radical (unpaired) electrons. The van der Waals surface area contributed by atoms with Gasteiger partial charge in [0, 0.05) is 0 Å². The Morgan fingerprint density at radius 1 is 1.23 bits per heavy atom. The summed E-state index contributed by atoms with van der Waals surface area (Å²) in [6, 6.07) is 9.19. The first-order chi connectivity index (χ1) is 6.08. The summed E-state index contributed by atoms with van der Waals surface area (Å²) < 4.78 is 0.0318. The molecule has 0 saturated carbocycles. The van der Waals surface area contributed by atoms with Crippen LogP contribution in [0.4, 0.5) is 0 Å². The molecule has 0 saturated heterocycles. The van der Waals surface area contributed by atoms with Gasteiger partial charge in [0.15, 0.2) is 0 Å². The third-order valence-electron chi connectivity index (χ3n) is 2.02. The lowest BCUT2D eigenvalue weighted by molar-refractivity contribution is -0.856. The topological polar surface area (TPSA) is 31.2 Å². The van der Waals surface area contributed by atoms with E-state index in [1.807, 2.05) is 18.2 Å². The van der Waals surface area contributed by atoms with E-state index in [-0.39, 0.29) is 10.5 Å². The van der Waals surface area contributed by atoms with Crippen molar-refractivity contribution in [1.29, 1.82) is 0 Å². The van der Waals surface area contributed by atoms with E-state index < -0.39 is 0 Å². The summed E-state index contributed by atoms with van der Waals surface area (Å²) in [4.78, 5) is 11.8. The van der Waals surface area contributed by atoms with E-state index >= 15 is 0 Å². The summed E-state index contributed by atoms with van der Waals surface area (Å²) in [6.45, 7) is 0. The summed E-state index contributed by atoms with van der Waals surface area (Å²) in [5, 5.41) is 0. The number of carbonyl (C=O) groups excluding carboxylic acids is 1. The summed E-state index contributed by atoms with van der Waals surface area (Å²) in [5.74, 6) is 0.00287. The molecule has 1 amide bonds. The first-order valence-corrected chi connectivity index (χ1v) is 4.13. The number of nitrogens with zero attached hydrogens (tertiary/aromatic N) is 2. The Labute approximate surface area is 78.5 Å². The molecule has 1 aromatic carbocycles. The van der Waals surface area contributed by atoms with Crippen molar-refractivity contribution in [3.8, 4) is 0 Å². The zero-order valence-electron chi connectivity index (χ0n) is 8.19. The number of amides is 1. The molecule has 0 unspecified atom stereocenters. The van der Waals surface area contributed by atoms with Crippen LogP contribution >= 0.6 is 0 Å². The van der Waals surface area contributed by atoms with Gasteiger partial charge >= 0.3 is 5.91 Å². The van der Waals surface area contributed by atoms with Crippen molar-refractivity contribution in [2.75, 3.05) is 21.1 Å². The highest BCUT2D eigenvalue weighted by Crippen LogP contribution is 2.06. The highest BCUT2D eigenvalue weighted by atomic mass is 16.2. The second-order valence-electron chi connectivity index (χ2n) is 3.27. The van der Waals surface area contributed by atoms with E-state index in [1.165, 1.54) is 0 Å². The predicted octanol–water partition coefficient (Wildman–Crippen LogP) is 1.05. The van der Waals surface area contributed by atoms with E-state index in [2.05, 4.69) is 5.43 Å². The molecule has 0 aliphatic rings. The van der Waals surface area contributed by atoms with Gasteiger partial charge in [-0.3, -0.25) is 0 Å². The van der Waals surface area contributed by atoms with Gasteiger partial charge in [-0.2, -0.15) is 4.59 Å². The lowest BCUT2D eigenvalue weighted by Crippen LogP contribution is -2.49. The summed E-state index contributed by atoms with van der Waals surface area (Å²) >= 11 is 0. The Morgan fingerprint density at radius 2 is 1.77 bits per heavy atom. The molecule has 0 aliphatic heterocycles. The third-order valence-corrected chi connectivity index (χ3v) is 2.02. The minimum absolute atomic E-state index is 0.00287. The smallest absolute Gasteiger partial charge is 0.223 e. The average molecular weight is 178 g/mol. The quantitative estimate of drug-likeness (QED) is 0.492. The second kappa shape index (κ2) is 3.68. The third kappa shape index (κ3) is 2.14. The van der Waals surface area contributed by atoms with E-state index in [9.17, 15) is 4.79 Å². The lowest BCUT2D eigenvalue weighted by atomic mass is 10.2. The van der Waals surface area contributed by atoms with Crippen LogP contribution in [0.2, 0.25) is 0 Å². The molecule has 13 heavy (non-hydrogen) atoms. The van der Waals surface area contributed by atoms with Crippen molar-refractivity contribution in [3.05, 3.63) is 35.9 Å². The van der Waals surface area contributed by atoms with Gasteiger partial charge in [0.2, 0.25) is 0 Å². The highest BCUT2D eigenvalue weighted by molar-refractivity contribution is 5.88. The number of carbonyl (C=O) groups is 1. The summed E-state index contributed by atoms with van der Waals surface area (Å²) in [7, 11) is 5.16. The maximum absolute atomic E-state index is 11.8. The monoisotopic (exact) mass is 178 g/mol. The van der Waals surface area contributed by atoms with Gasteiger partial charge in [-0.15, -0.1) is 0 Å². The average Bonchev–Trinajstić information content (AvgIpc) is 2.18. The van der Waals surface area contributed by atoms with Gasteiger partial charge in [-0.25, -0.2) is 4.79 Å². The van der Waals surface area contributed by atoms with E-state index in [4.69, 9.17) is 0 Å². The number of quaternary nitrogens is 1. The van der Waals surface area contributed by atoms with E-state index in [0.717, 1.165) is 0 Å². The Balaban J connectivity index is 2.93. The molecular formula is C10H14N2O+. The first kappa shape index (κ1) is 9.89. The van der Waals surface area contributed by atoms with Crippen LogP contribution in [-0.2, 0) is 0 Å². The van der Waals surface area contributed by atoms with Gasteiger partial charge in [-0.05, 0) is 17.6 Å². The number of benzene rings is 1. The molecule has 0 heterocycles. The van der Waals surface area contributed by atoms with Crippen molar-refractivity contribution in [3.63, 3.8) is 0 Å². The maximum Gasteiger partial charge on any atom is 0.366 e. The fourth-order valence-corrected chi connectivity index (χ4v) is 0.987. The molecule has 0 aromatic heterocycles. The summed E-state index contributed by atoms with van der Waals surface area (Å²) in [6.07, 6.45) is 0. The molecule has 0 bridgehead atoms. The Hall–Kier alpha value is -1.19. The zero-order valence-corrected chi connectivity index (χ0v) is 8.19. The molecule has 0 N–H and O–H groups in total. The van der Waals surface area contributed by atoms with Crippen LogP contribution in [-0.4, -0.2) is 31.6 Å². The highest BCUT2D eigenvalue weighted by Gasteiger charge is 2.27. The van der Waals surface area contributed by atoms with Crippen LogP contribution < -0.4 is 5.43 Å². The standard InChI is InChI=1S/C10H14N2O/c1-11-12(2,3)10(13)9-7-5-4-6-8-9/h4-8H,1-3H3/q+1.